The number of rotatable bonds is 6. The summed E-state index contributed by atoms with van der Waals surface area (Å²) in [6, 6.07) is 2.45. The molecule has 18 heavy (non-hydrogen) atoms. The fourth-order valence-electron chi connectivity index (χ4n) is 2.17. The molecule has 2 aromatic heterocycles. The third-order valence-corrected chi connectivity index (χ3v) is 3.56. The highest BCUT2D eigenvalue weighted by atomic mass is 32.1. The monoisotopic (exact) mass is 264 g/mol. The lowest BCUT2D eigenvalue weighted by molar-refractivity contribution is 0.508. The topological polar surface area (TPSA) is 42.7 Å². The fourth-order valence-corrected chi connectivity index (χ4v) is 2.78. The van der Waals surface area contributed by atoms with Gasteiger partial charge in [0.2, 0.25) is 0 Å². The van der Waals surface area contributed by atoms with E-state index in [0.29, 0.717) is 0 Å². The van der Waals surface area contributed by atoms with Gasteiger partial charge in [0.05, 0.1) is 22.9 Å². The first-order valence-corrected chi connectivity index (χ1v) is 7.33. The molecule has 4 nitrogen and oxygen atoms in total. The van der Waals surface area contributed by atoms with Crippen molar-refractivity contribution in [2.24, 2.45) is 0 Å². The maximum Gasteiger partial charge on any atom is 0.0795 e. The molecule has 0 aromatic carbocycles. The summed E-state index contributed by atoms with van der Waals surface area (Å²) in [5.41, 5.74) is 5.37. The van der Waals surface area contributed by atoms with Crippen molar-refractivity contribution in [2.75, 3.05) is 6.54 Å². The van der Waals surface area contributed by atoms with Crippen LogP contribution in [0.15, 0.2) is 17.0 Å². The van der Waals surface area contributed by atoms with E-state index < -0.39 is 0 Å². The van der Waals surface area contributed by atoms with Crippen LogP contribution in [0, 0.1) is 6.92 Å². The van der Waals surface area contributed by atoms with E-state index in [1.54, 1.807) is 11.3 Å². The molecule has 1 N–H and O–H groups in total. The highest BCUT2D eigenvalue weighted by Crippen LogP contribution is 2.19. The molecule has 0 saturated heterocycles. The van der Waals surface area contributed by atoms with Crippen molar-refractivity contribution in [2.45, 2.75) is 39.8 Å². The molecule has 2 heterocycles. The minimum atomic E-state index is 0.280. The summed E-state index contributed by atoms with van der Waals surface area (Å²) in [5, 5.41) is 10.1. The zero-order valence-corrected chi connectivity index (χ0v) is 12.0. The Hall–Kier alpha value is -1.20. The maximum absolute atomic E-state index is 4.49. The lowest BCUT2D eigenvalue weighted by atomic mass is 10.1. The number of aromatic nitrogens is 3. The quantitative estimate of drug-likeness (QED) is 0.872. The van der Waals surface area contributed by atoms with Gasteiger partial charge in [0.1, 0.15) is 0 Å². The average Bonchev–Trinajstić information content (AvgIpc) is 2.97. The number of likely N-dealkylation sites (N-methyl/N-ethyl adjacent to an activating group) is 1. The predicted molar refractivity (Wildman–Crippen MR) is 74.9 cm³/mol. The molecule has 0 fully saturated rings. The summed E-state index contributed by atoms with van der Waals surface area (Å²) in [6.45, 7) is 8.16. The van der Waals surface area contributed by atoms with Crippen molar-refractivity contribution in [3.05, 3.63) is 34.0 Å². The highest BCUT2D eigenvalue weighted by Gasteiger charge is 2.16. The Morgan fingerprint density at radius 2 is 2.28 bits per heavy atom. The summed E-state index contributed by atoms with van der Waals surface area (Å²) in [7, 11) is 0. The molecule has 0 aliphatic heterocycles. The Morgan fingerprint density at radius 1 is 1.44 bits per heavy atom. The molecule has 0 aliphatic rings. The standard InChI is InChI=1S/C13H20N4S/c1-4-14-12(13-8-18-9-15-13)7-11-6-10(3)16-17(11)5-2/h6,8-9,12,14H,4-5,7H2,1-3H3. The van der Waals surface area contributed by atoms with Crippen molar-refractivity contribution in [1.82, 2.24) is 20.1 Å². The molecule has 2 aromatic rings. The molecule has 0 amide bonds. The Labute approximate surface area is 112 Å². The second-order valence-corrected chi connectivity index (χ2v) is 5.04. The van der Waals surface area contributed by atoms with Gasteiger partial charge in [-0.3, -0.25) is 4.68 Å². The number of nitrogens with one attached hydrogen (secondary N) is 1. The number of hydrogen-bond acceptors (Lipinski definition) is 4. The van der Waals surface area contributed by atoms with Gasteiger partial charge in [0.15, 0.2) is 0 Å². The van der Waals surface area contributed by atoms with E-state index in [1.807, 2.05) is 12.4 Å². The van der Waals surface area contributed by atoms with Gasteiger partial charge < -0.3 is 5.32 Å². The van der Waals surface area contributed by atoms with Crippen LogP contribution in [0.2, 0.25) is 0 Å². The van der Waals surface area contributed by atoms with E-state index in [-0.39, 0.29) is 6.04 Å². The van der Waals surface area contributed by atoms with Crippen LogP contribution in [0.4, 0.5) is 0 Å². The summed E-state index contributed by atoms with van der Waals surface area (Å²) in [5.74, 6) is 0. The Bertz CT molecular complexity index is 475. The minimum absolute atomic E-state index is 0.280. The normalized spacial score (nSPS) is 12.8. The first-order chi connectivity index (χ1) is 8.74. The third kappa shape index (κ3) is 2.97. The Morgan fingerprint density at radius 3 is 2.89 bits per heavy atom. The molecule has 0 spiro atoms. The summed E-state index contributed by atoms with van der Waals surface area (Å²) < 4.78 is 2.08. The van der Waals surface area contributed by atoms with Crippen molar-refractivity contribution in [1.29, 1.82) is 0 Å². The third-order valence-electron chi connectivity index (χ3n) is 2.96. The van der Waals surface area contributed by atoms with Crippen molar-refractivity contribution < 1.29 is 0 Å². The minimum Gasteiger partial charge on any atom is -0.309 e. The maximum atomic E-state index is 4.49. The van der Waals surface area contributed by atoms with Gasteiger partial charge >= 0.3 is 0 Å². The van der Waals surface area contributed by atoms with Crippen LogP contribution in [0.25, 0.3) is 0 Å². The van der Waals surface area contributed by atoms with E-state index in [1.165, 1.54) is 5.69 Å². The van der Waals surface area contributed by atoms with Gasteiger partial charge in [0.25, 0.3) is 0 Å². The average molecular weight is 264 g/mol. The van der Waals surface area contributed by atoms with E-state index in [9.17, 15) is 0 Å². The van der Waals surface area contributed by atoms with E-state index in [4.69, 9.17) is 0 Å². The van der Waals surface area contributed by atoms with Gasteiger partial charge in [-0.25, -0.2) is 4.98 Å². The zero-order valence-electron chi connectivity index (χ0n) is 11.2. The van der Waals surface area contributed by atoms with Gasteiger partial charge in [-0.15, -0.1) is 11.3 Å². The van der Waals surface area contributed by atoms with E-state index in [0.717, 1.165) is 30.9 Å². The highest BCUT2D eigenvalue weighted by molar-refractivity contribution is 7.07. The molecule has 1 atom stereocenters. The number of thiazole rings is 1. The summed E-state index contributed by atoms with van der Waals surface area (Å²) in [6.07, 6.45) is 0.937. The van der Waals surface area contributed by atoms with Crippen LogP contribution in [-0.2, 0) is 13.0 Å². The molecule has 0 saturated carbocycles. The second-order valence-electron chi connectivity index (χ2n) is 4.32. The number of nitrogens with zero attached hydrogens (tertiary/aromatic N) is 3. The van der Waals surface area contributed by atoms with Crippen LogP contribution in [0.1, 0.15) is 37.0 Å². The first-order valence-electron chi connectivity index (χ1n) is 6.39. The predicted octanol–water partition coefficient (Wildman–Crippen LogP) is 2.56. The van der Waals surface area contributed by atoms with Crippen LogP contribution >= 0.6 is 11.3 Å². The van der Waals surface area contributed by atoms with Gasteiger partial charge in [-0.1, -0.05) is 6.92 Å². The molecule has 0 bridgehead atoms. The lowest BCUT2D eigenvalue weighted by Crippen LogP contribution is -2.24. The molecule has 0 radical (unpaired) electrons. The molecule has 0 aliphatic carbocycles. The number of aryl methyl sites for hydroxylation is 2. The lowest BCUT2D eigenvalue weighted by Gasteiger charge is -2.16. The van der Waals surface area contributed by atoms with Crippen molar-refractivity contribution in [3.63, 3.8) is 0 Å². The molecular weight excluding hydrogens is 244 g/mol. The second kappa shape index (κ2) is 6.11. The van der Waals surface area contributed by atoms with Gasteiger partial charge in [-0.05, 0) is 26.5 Å². The fraction of sp³-hybridized carbons (Fsp3) is 0.538. The van der Waals surface area contributed by atoms with Crippen LogP contribution in [0.3, 0.4) is 0 Å². The largest absolute Gasteiger partial charge is 0.309 e. The SMILES string of the molecule is CCNC(Cc1cc(C)nn1CC)c1cscn1. The van der Waals surface area contributed by atoms with Crippen molar-refractivity contribution >= 4 is 11.3 Å². The van der Waals surface area contributed by atoms with Crippen molar-refractivity contribution in [3.8, 4) is 0 Å². The summed E-state index contributed by atoms with van der Waals surface area (Å²) >= 11 is 1.65. The molecule has 98 valence electrons. The van der Waals surface area contributed by atoms with Crippen LogP contribution in [0.5, 0.6) is 0 Å². The smallest absolute Gasteiger partial charge is 0.0795 e. The Balaban J connectivity index is 2.18. The van der Waals surface area contributed by atoms with Crippen LogP contribution < -0.4 is 5.32 Å². The zero-order chi connectivity index (χ0) is 13.0. The van der Waals surface area contributed by atoms with E-state index >= 15 is 0 Å². The van der Waals surface area contributed by atoms with Gasteiger partial charge in [-0.2, -0.15) is 5.10 Å². The number of hydrogen-bond donors (Lipinski definition) is 1. The molecular formula is C13H20N4S. The Kier molecular flexibility index (Phi) is 4.49. The van der Waals surface area contributed by atoms with Gasteiger partial charge in [0, 0.05) is 24.0 Å². The molecule has 2 rings (SSSR count). The van der Waals surface area contributed by atoms with Crippen LogP contribution in [-0.4, -0.2) is 21.3 Å². The molecule has 5 heteroatoms. The first kappa shape index (κ1) is 13.2. The molecule has 1 unspecified atom stereocenters. The van der Waals surface area contributed by atoms with E-state index in [2.05, 4.69) is 45.4 Å². The summed E-state index contributed by atoms with van der Waals surface area (Å²) in [4.78, 5) is 4.42.